The van der Waals surface area contributed by atoms with Gasteiger partial charge in [0.25, 0.3) is 5.91 Å². The molecule has 0 radical (unpaired) electrons. The van der Waals surface area contributed by atoms with Gasteiger partial charge in [-0.2, -0.15) is 0 Å². The zero-order chi connectivity index (χ0) is 10.6. The van der Waals surface area contributed by atoms with Gasteiger partial charge in [0, 0.05) is 0 Å². The second-order valence-corrected chi connectivity index (χ2v) is 9.37. The van der Waals surface area contributed by atoms with Crippen molar-refractivity contribution in [3.63, 3.8) is 0 Å². The number of hydrogen-bond donors (Lipinski definition) is 1. The lowest BCUT2D eigenvalue weighted by Gasteiger charge is -2.17. The molecule has 0 aromatic carbocycles. The standard InChI is InChI=1S/C6H7Br3ClNO2/c1-2-3(4(10)12)11-5(13)6(7,8)9/h3H,2H2,1H3,(H,11,13). The minimum Gasteiger partial charge on any atom is -0.342 e. The van der Waals surface area contributed by atoms with Crippen LogP contribution in [0.15, 0.2) is 0 Å². The fourth-order valence-electron chi connectivity index (χ4n) is 0.559. The van der Waals surface area contributed by atoms with Gasteiger partial charge in [-0.3, -0.25) is 9.59 Å². The van der Waals surface area contributed by atoms with E-state index in [0.29, 0.717) is 6.42 Å². The number of hydrogen-bond acceptors (Lipinski definition) is 2. The lowest BCUT2D eigenvalue weighted by atomic mass is 10.2. The number of carbonyl (C=O) groups excluding carboxylic acids is 2. The second kappa shape index (κ2) is 5.68. The van der Waals surface area contributed by atoms with E-state index in [1.54, 1.807) is 6.92 Å². The third kappa shape index (κ3) is 5.34. The van der Waals surface area contributed by atoms with Crippen molar-refractivity contribution in [2.45, 2.75) is 21.5 Å². The highest BCUT2D eigenvalue weighted by Crippen LogP contribution is 2.33. The maximum absolute atomic E-state index is 11.3. The summed E-state index contributed by atoms with van der Waals surface area (Å²) in [4.78, 5) is 22.0. The van der Waals surface area contributed by atoms with E-state index >= 15 is 0 Å². The fraction of sp³-hybridized carbons (Fsp3) is 0.667. The number of rotatable bonds is 3. The molecule has 0 spiro atoms. The Morgan fingerprint density at radius 2 is 1.92 bits per heavy atom. The van der Waals surface area contributed by atoms with Gasteiger partial charge in [-0.1, -0.05) is 6.92 Å². The number of carbonyl (C=O) groups is 2. The van der Waals surface area contributed by atoms with Crippen molar-refractivity contribution < 1.29 is 9.59 Å². The van der Waals surface area contributed by atoms with Crippen LogP contribution >= 0.6 is 59.4 Å². The quantitative estimate of drug-likeness (QED) is 0.585. The lowest BCUT2D eigenvalue weighted by Crippen LogP contribution is -2.43. The summed E-state index contributed by atoms with van der Waals surface area (Å²) in [6.07, 6.45) is 0.456. The van der Waals surface area contributed by atoms with Crippen LogP contribution in [0.2, 0.25) is 0 Å². The van der Waals surface area contributed by atoms with E-state index in [1.807, 2.05) is 0 Å². The van der Waals surface area contributed by atoms with E-state index < -0.39 is 19.3 Å². The zero-order valence-corrected chi connectivity index (χ0v) is 12.1. The largest absolute Gasteiger partial charge is 0.342 e. The van der Waals surface area contributed by atoms with Crippen molar-refractivity contribution >= 4 is 70.5 Å². The minimum absolute atomic E-state index is 0.409. The van der Waals surface area contributed by atoms with Crippen molar-refractivity contribution in [2.24, 2.45) is 0 Å². The van der Waals surface area contributed by atoms with Crippen LogP contribution < -0.4 is 5.32 Å². The summed E-state index contributed by atoms with van der Waals surface area (Å²) in [6, 6.07) is -0.652. The number of halogens is 4. The fourth-order valence-corrected chi connectivity index (χ4v) is 1.11. The van der Waals surface area contributed by atoms with Crippen LogP contribution in [0, 0.1) is 0 Å². The molecule has 0 heterocycles. The van der Waals surface area contributed by atoms with Gasteiger partial charge >= 0.3 is 0 Å². The Bertz CT molecular complexity index is 216. The van der Waals surface area contributed by atoms with Crippen molar-refractivity contribution in [1.29, 1.82) is 0 Å². The average molecular weight is 400 g/mol. The van der Waals surface area contributed by atoms with E-state index in [0.717, 1.165) is 0 Å². The Morgan fingerprint density at radius 3 is 2.15 bits per heavy atom. The normalized spacial score (nSPS) is 13.6. The first-order chi connectivity index (χ1) is 5.79. The highest BCUT2D eigenvalue weighted by Gasteiger charge is 2.31. The first-order valence-corrected chi connectivity index (χ1v) is 6.11. The highest BCUT2D eigenvalue weighted by molar-refractivity contribution is 9.40. The smallest absolute Gasteiger partial charge is 0.259 e. The molecule has 0 aromatic rings. The van der Waals surface area contributed by atoms with Gasteiger partial charge < -0.3 is 5.32 Å². The first-order valence-electron chi connectivity index (χ1n) is 3.36. The Labute approximate surface area is 106 Å². The summed E-state index contributed by atoms with van der Waals surface area (Å²) in [7, 11) is 0. The molecule has 0 aliphatic heterocycles. The molecule has 1 atom stereocenters. The molecular weight excluding hydrogens is 393 g/mol. The summed E-state index contributed by atoms with van der Waals surface area (Å²) < 4.78 is -1.05. The summed E-state index contributed by atoms with van der Waals surface area (Å²) in [5.41, 5.74) is 0. The second-order valence-electron chi connectivity index (χ2n) is 2.24. The van der Waals surface area contributed by atoms with Crippen LogP contribution in [0.4, 0.5) is 0 Å². The van der Waals surface area contributed by atoms with Crippen molar-refractivity contribution in [3.8, 4) is 0 Å². The average Bonchev–Trinajstić information content (AvgIpc) is 1.96. The lowest BCUT2D eigenvalue weighted by molar-refractivity contribution is -0.123. The minimum atomic E-state index is -1.05. The van der Waals surface area contributed by atoms with Gasteiger partial charge in [0.2, 0.25) is 7.39 Å². The van der Waals surface area contributed by atoms with Gasteiger partial charge in [-0.05, 0) is 65.8 Å². The molecule has 0 aliphatic rings. The topological polar surface area (TPSA) is 46.2 Å². The monoisotopic (exact) mass is 397 g/mol. The molecule has 76 valence electrons. The summed E-state index contributed by atoms with van der Waals surface area (Å²) in [5, 5.41) is 1.87. The van der Waals surface area contributed by atoms with E-state index in [1.165, 1.54) is 0 Å². The Hall–Kier alpha value is 0.870. The van der Waals surface area contributed by atoms with Gasteiger partial charge in [-0.15, -0.1) is 0 Å². The van der Waals surface area contributed by atoms with Gasteiger partial charge in [0.05, 0.1) is 0 Å². The molecule has 0 aromatic heterocycles. The van der Waals surface area contributed by atoms with E-state index in [-0.39, 0.29) is 0 Å². The Kier molecular flexibility index (Phi) is 6.06. The first kappa shape index (κ1) is 13.9. The van der Waals surface area contributed by atoms with Crippen molar-refractivity contribution in [1.82, 2.24) is 5.32 Å². The maximum atomic E-state index is 11.3. The van der Waals surface area contributed by atoms with Gasteiger partial charge in [0.1, 0.15) is 6.04 Å². The van der Waals surface area contributed by atoms with Crippen molar-refractivity contribution in [2.75, 3.05) is 0 Å². The van der Waals surface area contributed by atoms with Crippen LogP contribution in [0.3, 0.4) is 0 Å². The van der Waals surface area contributed by atoms with Crippen LogP contribution in [0.5, 0.6) is 0 Å². The predicted octanol–water partition coefficient (Wildman–Crippen LogP) is 2.49. The molecule has 1 unspecified atom stereocenters. The maximum Gasteiger partial charge on any atom is 0.259 e. The van der Waals surface area contributed by atoms with Gasteiger partial charge in [-0.25, -0.2) is 0 Å². The molecule has 0 aliphatic carbocycles. The van der Waals surface area contributed by atoms with E-state index in [2.05, 4.69) is 53.1 Å². The summed E-state index contributed by atoms with van der Waals surface area (Å²) in [5.74, 6) is -0.409. The molecular formula is C6H7Br3ClNO2. The highest BCUT2D eigenvalue weighted by atomic mass is 80.0. The molecule has 1 amide bonds. The van der Waals surface area contributed by atoms with E-state index in [4.69, 9.17) is 11.6 Å². The Balaban J connectivity index is 4.26. The Morgan fingerprint density at radius 1 is 1.46 bits per heavy atom. The zero-order valence-electron chi connectivity index (χ0n) is 6.61. The van der Waals surface area contributed by atoms with Crippen molar-refractivity contribution in [3.05, 3.63) is 0 Å². The number of amides is 1. The van der Waals surface area contributed by atoms with Crippen LogP contribution in [0.1, 0.15) is 13.3 Å². The molecule has 0 bridgehead atoms. The number of alkyl halides is 3. The SMILES string of the molecule is CCC(NC(=O)C(Br)(Br)Br)C(=O)Cl. The van der Waals surface area contributed by atoms with Gasteiger partial charge in [0.15, 0.2) is 0 Å². The van der Waals surface area contributed by atoms with Crippen LogP contribution in [0.25, 0.3) is 0 Å². The predicted molar refractivity (Wildman–Crippen MR) is 62.6 cm³/mol. The molecule has 1 N–H and O–H groups in total. The molecule has 0 rings (SSSR count). The number of nitrogens with one attached hydrogen (secondary N) is 1. The molecule has 13 heavy (non-hydrogen) atoms. The molecule has 0 fully saturated rings. The third-order valence-corrected chi connectivity index (χ3v) is 2.59. The molecule has 0 saturated carbocycles. The molecule has 3 nitrogen and oxygen atoms in total. The van der Waals surface area contributed by atoms with Crippen LogP contribution in [-0.2, 0) is 9.59 Å². The van der Waals surface area contributed by atoms with E-state index in [9.17, 15) is 9.59 Å². The molecule has 0 saturated heterocycles. The summed E-state index contributed by atoms with van der Waals surface area (Å²) >= 11 is 14.3. The van der Waals surface area contributed by atoms with Crippen LogP contribution in [-0.4, -0.2) is 19.3 Å². The third-order valence-electron chi connectivity index (χ3n) is 1.25. The molecule has 7 heteroatoms. The summed E-state index contributed by atoms with van der Waals surface area (Å²) in [6.45, 7) is 1.75.